The molecule has 0 fully saturated rings. The van der Waals surface area contributed by atoms with Gasteiger partial charge in [0.1, 0.15) is 17.1 Å². The fraction of sp³-hybridized carbons (Fsp3) is 0.160. The summed E-state index contributed by atoms with van der Waals surface area (Å²) in [5.74, 6) is 1.16. The van der Waals surface area contributed by atoms with Gasteiger partial charge in [0, 0.05) is 33.2 Å². The predicted octanol–water partition coefficient (Wildman–Crippen LogP) is 6.38. The Hall–Kier alpha value is -3.44. The summed E-state index contributed by atoms with van der Waals surface area (Å²) in [6.07, 6.45) is 4.88. The largest absolute Gasteiger partial charge is 0.496 e. The number of benzene rings is 2. The Morgan fingerprint density at radius 1 is 1.19 bits per heavy atom. The first kappa shape index (κ1) is 20.8. The third-order valence-electron chi connectivity index (χ3n) is 5.19. The summed E-state index contributed by atoms with van der Waals surface area (Å²) in [5, 5.41) is 4.45. The van der Waals surface area contributed by atoms with E-state index in [-0.39, 0.29) is 5.91 Å². The van der Waals surface area contributed by atoms with Gasteiger partial charge < -0.3 is 18.9 Å². The highest BCUT2D eigenvalue weighted by molar-refractivity contribution is 6.30. The molecule has 1 amide bonds. The molecule has 5 nitrogen and oxygen atoms in total. The number of allylic oxidation sites excluding steroid dienone is 1. The zero-order valence-electron chi connectivity index (χ0n) is 17.5. The molecule has 0 unspecified atom stereocenters. The van der Waals surface area contributed by atoms with E-state index in [2.05, 4.69) is 5.32 Å². The van der Waals surface area contributed by atoms with Crippen LogP contribution in [0.5, 0.6) is 5.75 Å². The highest BCUT2D eigenvalue weighted by Crippen LogP contribution is 2.40. The number of ether oxygens (including phenoxy) is 1. The molecule has 0 spiro atoms. The van der Waals surface area contributed by atoms with Gasteiger partial charge in [-0.1, -0.05) is 23.7 Å². The normalized spacial score (nSPS) is 11.7. The molecule has 31 heavy (non-hydrogen) atoms. The Morgan fingerprint density at radius 3 is 2.65 bits per heavy atom. The van der Waals surface area contributed by atoms with Gasteiger partial charge >= 0.3 is 0 Å². The molecule has 2 heterocycles. The molecule has 2 aromatic heterocycles. The smallest absolute Gasteiger partial charge is 0.244 e. The van der Waals surface area contributed by atoms with Crippen molar-refractivity contribution in [3.05, 3.63) is 83.0 Å². The second-order valence-corrected chi connectivity index (χ2v) is 7.68. The van der Waals surface area contributed by atoms with Crippen LogP contribution in [0.1, 0.15) is 23.8 Å². The van der Waals surface area contributed by atoms with Crippen molar-refractivity contribution in [3.8, 4) is 16.9 Å². The van der Waals surface area contributed by atoms with Crippen LogP contribution in [0.2, 0.25) is 5.02 Å². The van der Waals surface area contributed by atoms with Gasteiger partial charge in [-0.25, -0.2) is 0 Å². The summed E-state index contributed by atoms with van der Waals surface area (Å²) in [6, 6.07) is 13.2. The number of hydrogen-bond acceptors (Lipinski definition) is 4. The van der Waals surface area contributed by atoms with Crippen molar-refractivity contribution in [3.63, 3.8) is 0 Å². The second-order valence-electron chi connectivity index (χ2n) is 7.24. The number of furan rings is 2. The number of methoxy groups -OCH3 is 1. The van der Waals surface area contributed by atoms with Crippen LogP contribution in [0, 0.1) is 6.92 Å². The van der Waals surface area contributed by atoms with Crippen LogP contribution in [0.4, 0.5) is 0 Å². The lowest BCUT2D eigenvalue weighted by Gasteiger charge is -2.13. The molecule has 4 rings (SSSR count). The molecule has 0 atom stereocenters. The minimum atomic E-state index is -0.209. The number of rotatable bonds is 6. The van der Waals surface area contributed by atoms with Crippen molar-refractivity contribution < 1.29 is 18.4 Å². The zero-order chi connectivity index (χ0) is 22.0. The molecular weight excluding hydrogens is 414 g/mol. The van der Waals surface area contributed by atoms with Gasteiger partial charge in [0.05, 0.1) is 26.2 Å². The summed E-state index contributed by atoms with van der Waals surface area (Å²) in [7, 11) is 1.62. The number of fused-ring (bicyclic) bond motifs is 1. The summed E-state index contributed by atoms with van der Waals surface area (Å²) in [6.45, 7) is 4.16. The van der Waals surface area contributed by atoms with Crippen LogP contribution in [0.25, 0.3) is 27.7 Å². The highest BCUT2D eigenvalue weighted by Gasteiger charge is 2.18. The number of nitrogens with one attached hydrogen (secondary N) is 1. The SMILES string of the molecule is COc1c(/C(C)=C/C(=O)NCc2ccco2)cc2c(-c3ccc(Cl)cc3)coc2c1C. The summed E-state index contributed by atoms with van der Waals surface area (Å²) in [5.41, 5.74) is 5.18. The molecule has 0 aliphatic carbocycles. The van der Waals surface area contributed by atoms with Crippen molar-refractivity contribution in [2.24, 2.45) is 0 Å². The molecule has 6 heteroatoms. The molecule has 0 aliphatic rings. The van der Waals surface area contributed by atoms with Gasteiger partial charge in [0.2, 0.25) is 5.91 Å². The molecule has 0 saturated carbocycles. The Balaban J connectivity index is 1.72. The van der Waals surface area contributed by atoms with Gasteiger partial charge in [-0.05, 0) is 55.3 Å². The van der Waals surface area contributed by atoms with E-state index < -0.39 is 0 Å². The predicted molar refractivity (Wildman–Crippen MR) is 122 cm³/mol. The maximum Gasteiger partial charge on any atom is 0.244 e. The minimum Gasteiger partial charge on any atom is -0.496 e. The molecular formula is C25H22ClNO4. The molecule has 0 saturated heterocycles. The quantitative estimate of drug-likeness (QED) is 0.357. The van der Waals surface area contributed by atoms with E-state index in [9.17, 15) is 4.79 Å². The van der Waals surface area contributed by atoms with E-state index in [0.717, 1.165) is 38.8 Å². The van der Waals surface area contributed by atoms with Crippen LogP contribution in [0.15, 0.2) is 69.9 Å². The van der Waals surface area contributed by atoms with Gasteiger partial charge in [-0.15, -0.1) is 0 Å². The number of carbonyl (C=O) groups is 1. The molecule has 0 aliphatic heterocycles. The molecule has 0 bridgehead atoms. The lowest BCUT2D eigenvalue weighted by molar-refractivity contribution is -0.116. The zero-order valence-corrected chi connectivity index (χ0v) is 18.2. The van der Waals surface area contributed by atoms with Crippen LogP contribution >= 0.6 is 11.6 Å². The number of halogens is 1. The average Bonchev–Trinajstić information content (AvgIpc) is 3.43. The fourth-order valence-electron chi connectivity index (χ4n) is 3.64. The standard InChI is InChI=1S/C25H22ClNO4/c1-15(11-23(28)27-13-19-5-4-10-30-19)20-12-21-22(17-6-8-18(26)9-7-17)14-31-25(21)16(2)24(20)29-3/h4-12,14H,13H2,1-3H3,(H,27,28)/b15-11+. The number of aryl methyl sites for hydroxylation is 1. The third-order valence-corrected chi connectivity index (χ3v) is 5.44. The van der Waals surface area contributed by atoms with Gasteiger partial charge in [0.25, 0.3) is 0 Å². The second kappa shape index (κ2) is 8.74. The van der Waals surface area contributed by atoms with Crippen molar-refractivity contribution in [1.82, 2.24) is 5.32 Å². The molecule has 158 valence electrons. The van der Waals surface area contributed by atoms with Gasteiger partial charge in [-0.3, -0.25) is 4.79 Å². The van der Waals surface area contributed by atoms with Crippen molar-refractivity contribution in [2.45, 2.75) is 20.4 Å². The maximum atomic E-state index is 12.4. The molecule has 1 N–H and O–H groups in total. The van der Waals surface area contributed by atoms with Crippen LogP contribution in [0.3, 0.4) is 0 Å². The lowest BCUT2D eigenvalue weighted by Crippen LogP contribution is -2.20. The van der Waals surface area contributed by atoms with E-state index in [1.165, 1.54) is 0 Å². The van der Waals surface area contributed by atoms with E-state index in [1.807, 2.05) is 50.2 Å². The Kier molecular flexibility index (Phi) is 5.87. The molecule has 2 aromatic carbocycles. The monoisotopic (exact) mass is 435 g/mol. The van der Waals surface area contributed by atoms with E-state index >= 15 is 0 Å². The number of amides is 1. The van der Waals surface area contributed by atoms with Crippen molar-refractivity contribution >= 4 is 34.1 Å². The Morgan fingerprint density at radius 2 is 1.97 bits per heavy atom. The van der Waals surface area contributed by atoms with Crippen molar-refractivity contribution in [2.75, 3.05) is 7.11 Å². The van der Waals surface area contributed by atoms with Gasteiger partial charge in [0.15, 0.2) is 0 Å². The summed E-state index contributed by atoms with van der Waals surface area (Å²) in [4.78, 5) is 12.4. The third kappa shape index (κ3) is 4.23. The Labute approximate surface area is 185 Å². The highest BCUT2D eigenvalue weighted by atomic mass is 35.5. The van der Waals surface area contributed by atoms with Gasteiger partial charge in [-0.2, -0.15) is 0 Å². The maximum absolute atomic E-state index is 12.4. The van der Waals surface area contributed by atoms with Crippen LogP contribution < -0.4 is 10.1 Å². The first-order valence-corrected chi connectivity index (χ1v) is 10.2. The van der Waals surface area contributed by atoms with E-state index in [1.54, 1.807) is 31.8 Å². The number of carbonyl (C=O) groups excluding carboxylic acids is 1. The van der Waals surface area contributed by atoms with E-state index in [4.69, 9.17) is 25.2 Å². The Bertz CT molecular complexity index is 1250. The first-order chi connectivity index (χ1) is 15.0. The average molecular weight is 436 g/mol. The van der Waals surface area contributed by atoms with Crippen LogP contribution in [-0.2, 0) is 11.3 Å². The van der Waals surface area contributed by atoms with Crippen LogP contribution in [-0.4, -0.2) is 13.0 Å². The summed E-state index contributed by atoms with van der Waals surface area (Å²) < 4.78 is 16.8. The summed E-state index contributed by atoms with van der Waals surface area (Å²) >= 11 is 6.04. The first-order valence-electron chi connectivity index (χ1n) is 9.81. The number of hydrogen-bond donors (Lipinski definition) is 1. The lowest BCUT2D eigenvalue weighted by atomic mass is 9.96. The van der Waals surface area contributed by atoms with Crippen molar-refractivity contribution in [1.29, 1.82) is 0 Å². The molecule has 0 radical (unpaired) electrons. The minimum absolute atomic E-state index is 0.209. The van der Waals surface area contributed by atoms with E-state index in [0.29, 0.717) is 23.1 Å². The topological polar surface area (TPSA) is 64.6 Å². The fourth-order valence-corrected chi connectivity index (χ4v) is 3.76. The molecule has 4 aromatic rings.